The minimum atomic E-state index is 0.152. The molecule has 0 aliphatic rings. The van der Waals surface area contributed by atoms with Crippen molar-refractivity contribution in [3.05, 3.63) is 11.6 Å². The molecule has 0 aromatic carbocycles. The highest BCUT2D eigenvalue weighted by molar-refractivity contribution is 6.28. The molecule has 1 N–H and O–H groups in total. The van der Waals surface area contributed by atoms with E-state index in [1.807, 2.05) is 0 Å². The second-order valence-electron chi connectivity index (χ2n) is 1.64. The van der Waals surface area contributed by atoms with Gasteiger partial charge in [0, 0.05) is 0 Å². The average molecular weight is 169 g/mol. The quantitative estimate of drug-likeness (QED) is 0.656. The number of hydrogen-bond acceptors (Lipinski definition) is 4. The molecule has 0 unspecified atom stereocenters. The normalized spacial score (nSPS) is 8.73. The third kappa shape index (κ3) is 2.40. The van der Waals surface area contributed by atoms with Gasteiger partial charge < -0.3 is 5.32 Å². The van der Waals surface area contributed by atoms with E-state index < -0.39 is 0 Å². The van der Waals surface area contributed by atoms with Crippen LogP contribution in [0.25, 0.3) is 0 Å². The molecule has 0 spiro atoms. The maximum atomic E-state index is 5.47. The van der Waals surface area contributed by atoms with Crippen LogP contribution in [-0.2, 0) is 0 Å². The maximum absolute atomic E-state index is 5.47. The molecule has 0 atom stereocenters. The van der Waals surface area contributed by atoms with Gasteiger partial charge in [-0.2, -0.15) is 4.98 Å². The molecule has 0 saturated heterocycles. The summed E-state index contributed by atoms with van der Waals surface area (Å²) in [5.41, 5.74) is 0. The van der Waals surface area contributed by atoms with E-state index in [2.05, 4.69) is 26.2 Å². The fourth-order valence-electron chi connectivity index (χ4n) is 0.492. The largest absolute Gasteiger partial charge is 0.343 e. The zero-order chi connectivity index (χ0) is 8.10. The van der Waals surface area contributed by atoms with E-state index in [1.165, 1.54) is 6.33 Å². The summed E-state index contributed by atoms with van der Waals surface area (Å²) in [5, 5.41) is 2.90. The average Bonchev–Trinajstić information content (AvgIpc) is 2.01. The lowest BCUT2D eigenvalue weighted by Crippen LogP contribution is -2.03. The van der Waals surface area contributed by atoms with Gasteiger partial charge in [0.25, 0.3) is 0 Å². The Hall–Kier alpha value is -1.34. The Morgan fingerprint density at radius 2 is 2.45 bits per heavy atom. The summed E-state index contributed by atoms with van der Waals surface area (Å²) in [6, 6.07) is 0. The molecule has 1 rings (SSSR count). The summed E-state index contributed by atoms with van der Waals surface area (Å²) >= 11 is 5.47. The Bertz CT molecular complexity index is 280. The first kappa shape index (κ1) is 7.76. The van der Waals surface area contributed by atoms with Gasteiger partial charge in [0.05, 0.1) is 6.54 Å². The van der Waals surface area contributed by atoms with Gasteiger partial charge in [-0.15, -0.1) is 6.42 Å². The highest BCUT2D eigenvalue weighted by Crippen LogP contribution is 2.00. The molecule has 0 bridgehead atoms. The van der Waals surface area contributed by atoms with Gasteiger partial charge in [0.2, 0.25) is 11.2 Å². The SMILES string of the molecule is C#CCNc1ncnc(Cl)n1. The van der Waals surface area contributed by atoms with Crippen molar-refractivity contribution in [1.82, 2.24) is 15.0 Å². The van der Waals surface area contributed by atoms with Crippen LogP contribution in [0.2, 0.25) is 5.28 Å². The highest BCUT2D eigenvalue weighted by atomic mass is 35.5. The minimum Gasteiger partial charge on any atom is -0.343 e. The number of nitrogens with one attached hydrogen (secondary N) is 1. The van der Waals surface area contributed by atoms with Crippen molar-refractivity contribution in [2.24, 2.45) is 0 Å². The first-order valence-electron chi connectivity index (χ1n) is 2.85. The predicted octanol–water partition coefficient (Wildman–Crippen LogP) is 0.570. The maximum Gasteiger partial charge on any atom is 0.227 e. The van der Waals surface area contributed by atoms with Crippen LogP contribution < -0.4 is 5.32 Å². The molecule has 56 valence electrons. The van der Waals surface area contributed by atoms with Gasteiger partial charge >= 0.3 is 0 Å². The first-order chi connectivity index (χ1) is 5.33. The van der Waals surface area contributed by atoms with Crippen LogP contribution in [0.15, 0.2) is 6.33 Å². The molecule has 5 heteroatoms. The molecular formula is C6H5ClN4. The Labute approximate surface area is 69.0 Å². The van der Waals surface area contributed by atoms with E-state index in [1.54, 1.807) is 0 Å². The predicted molar refractivity (Wildman–Crippen MR) is 42.2 cm³/mol. The van der Waals surface area contributed by atoms with Gasteiger partial charge in [-0.05, 0) is 11.6 Å². The number of anilines is 1. The zero-order valence-corrected chi connectivity index (χ0v) is 6.34. The molecular weight excluding hydrogens is 164 g/mol. The van der Waals surface area contributed by atoms with E-state index in [0.717, 1.165) is 0 Å². The van der Waals surface area contributed by atoms with Crippen LogP contribution in [0.4, 0.5) is 5.95 Å². The fourth-order valence-corrected chi connectivity index (χ4v) is 0.615. The van der Waals surface area contributed by atoms with E-state index in [0.29, 0.717) is 12.5 Å². The van der Waals surface area contributed by atoms with E-state index >= 15 is 0 Å². The minimum absolute atomic E-state index is 0.152. The molecule has 0 saturated carbocycles. The summed E-state index contributed by atoms with van der Waals surface area (Å²) in [7, 11) is 0. The van der Waals surface area contributed by atoms with Crippen molar-refractivity contribution in [2.45, 2.75) is 0 Å². The van der Waals surface area contributed by atoms with E-state index in [4.69, 9.17) is 18.0 Å². The lowest BCUT2D eigenvalue weighted by molar-refractivity contribution is 1.04. The molecule has 0 aliphatic carbocycles. The molecule has 1 heterocycles. The molecule has 1 aromatic rings. The van der Waals surface area contributed by atoms with Crippen molar-refractivity contribution in [1.29, 1.82) is 0 Å². The van der Waals surface area contributed by atoms with Gasteiger partial charge in [-0.1, -0.05) is 5.92 Å². The lowest BCUT2D eigenvalue weighted by atomic mass is 10.7. The summed E-state index contributed by atoms with van der Waals surface area (Å²) in [6.07, 6.45) is 6.31. The summed E-state index contributed by atoms with van der Waals surface area (Å²) < 4.78 is 0. The van der Waals surface area contributed by atoms with Gasteiger partial charge in [-0.25, -0.2) is 9.97 Å². The van der Waals surface area contributed by atoms with E-state index in [9.17, 15) is 0 Å². The molecule has 0 fully saturated rings. The molecule has 0 radical (unpaired) electrons. The molecule has 0 amide bonds. The summed E-state index contributed by atoms with van der Waals surface area (Å²) in [6.45, 7) is 0.375. The molecule has 11 heavy (non-hydrogen) atoms. The lowest BCUT2D eigenvalue weighted by Gasteiger charge is -1.97. The third-order valence-electron chi connectivity index (χ3n) is 0.891. The smallest absolute Gasteiger partial charge is 0.227 e. The first-order valence-corrected chi connectivity index (χ1v) is 3.22. The molecule has 0 aliphatic heterocycles. The van der Waals surface area contributed by atoms with Gasteiger partial charge in [0.1, 0.15) is 6.33 Å². The standard InChI is InChI=1S/C6H5ClN4/c1-2-3-8-6-10-4-9-5(7)11-6/h1,4H,3H2,(H,8,9,10,11). The van der Waals surface area contributed by atoms with Crippen molar-refractivity contribution < 1.29 is 0 Å². The molecule has 1 aromatic heterocycles. The summed E-state index contributed by atoms with van der Waals surface area (Å²) in [5.74, 6) is 2.77. The molecule has 4 nitrogen and oxygen atoms in total. The number of halogens is 1. The zero-order valence-electron chi connectivity index (χ0n) is 5.58. The van der Waals surface area contributed by atoms with Crippen LogP contribution in [-0.4, -0.2) is 21.5 Å². The Balaban J connectivity index is 2.65. The highest BCUT2D eigenvalue weighted by Gasteiger charge is 1.94. The van der Waals surface area contributed by atoms with Crippen LogP contribution >= 0.6 is 11.6 Å². The Kier molecular flexibility index (Phi) is 2.64. The Morgan fingerprint density at radius 3 is 3.09 bits per heavy atom. The van der Waals surface area contributed by atoms with Crippen molar-refractivity contribution in [3.8, 4) is 12.3 Å². The third-order valence-corrected chi connectivity index (χ3v) is 1.07. The number of nitrogens with zero attached hydrogens (tertiary/aromatic N) is 3. The topological polar surface area (TPSA) is 50.7 Å². The van der Waals surface area contributed by atoms with Crippen molar-refractivity contribution in [2.75, 3.05) is 11.9 Å². The number of rotatable bonds is 2. The Morgan fingerprint density at radius 1 is 1.64 bits per heavy atom. The number of aromatic nitrogens is 3. The van der Waals surface area contributed by atoms with Crippen LogP contribution in [0.5, 0.6) is 0 Å². The van der Waals surface area contributed by atoms with Gasteiger partial charge in [0.15, 0.2) is 0 Å². The second kappa shape index (κ2) is 3.74. The van der Waals surface area contributed by atoms with Crippen LogP contribution in [0, 0.1) is 12.3 Å². The fraction of sp³-hybridized carbons (Fsp3) is 0.167. The monoisotopic (exact) mass is 168 g/mol. The number of hydrogen-bond donors (Lipinski definition) is 1. The van der Waals surface area contributed by atoms with Crippen molar-refractivity contribution in [3.63, 3.8) is 0 Å². The number of terminal acetylenes is 1. The second-order valence-corrected chi connectivity index (χ2v) is 1.97. The van der Waals surface area contributed by atoms with E-state index in [-0.39, 0.29) is 5.28 Å². The van der Waals surface area contributed by atoms with Gasteiger partial charge in [-0.3, -0.25) is 0 Å². The van der Waals surface area contributed by atoms with Crippen LogP contribution in [0.1, 0.15) is 0 Å². The van der Waals surface area contributed by atoms with Crippen LogP contribution in [0.3, 0.4) is 0 Å². The summed E-state index contributed by atoms with van der Waals surface area (Å²) in [4.78, 5) is 11.1. The van der Waals surface area contributed by atoms with Crippen molar-refractivity contribution >= 4 is 17.5 Å².